The van der Waals surface area contributed by atoms with Crippen molar-refractivity contribution in [3.8, 4) is 0 Å². The average Bonchev–Trinajstić information content (AvgIpc) is 2.47. The number of hydrogen-bond acceptors (Lipinski definition) is 4. The zero-order valence-electron chi connectivity index (χ0n) is 12.3. The maximum atomic E-state index is 12.2. The van der Waals surface area contributed by atoms with E-state index in [-0.39, 0.29) is 11.9 Å². The van der Waals surface area contributed by atoms with Gasteiger partial charge in [-0.2, -0.15) is 0 Å². The van der Waals surface area contributed by atoms with Crippen LogP contribution in [0, 0.1) is 0 Å². The number of benzene rings is 1. The topological polar surface area (TPSA) is 71.2 Å². The molecule has 5 heteroatoms. The van der Waals surface area contributed by atoms with Gasteiger partial charge in [-0.15, -0.1) is 0 Å². The largest absolute Gasteiger partial charge is 0.399 e. The summed E-state index contributed by atoms with van der Waals surface area (Å²) in [5, 5.41) is 2.87. The quantitative estimate of drug-likeness (QED) is 0.825. The Morgan fingerprint density at radius 3 is 2.86 bits per heavy atom. The third-order valence-electron chi connectivity index (χ3n) is 3.35. The maximum Gasteiger partial charge on any atom is 0.241 e. The van der Waals surface area contributed by atoms with Crippen molar-refractivity contribution in [3.05, 3.63) is 54.4 Å². The van der Waals surface area contributed by atoms with Crippen molar-refractivity contribution in [3.63, 3.8) is 0 Å². The van der Waals surface area contributed by atoms with Crippen molar-refractivity contribution in [1.82, 2.24) is 9.88 Å². The molecule has 3 N–H and O–H groups in total. The summed E-state index contributed by atoms with van der Waals surface area (Å²) in [7, 11) is 1.91. The fraction of sp³-hybridized carbons (Fsp3) is 0.250. The summed E-state index contributed by atoms with van der Waals surface area (Å²) < 4.78 is 0. The normalized spacial score (nSPS) is 12.1. The van der Waals surface area contributed by atoms with Crippen molar-refractivity contribution >= 4 is 17.3 Å². The number of anilines is 2. The van der Waals surface area contributed by atoms with Crippen LogP contribution in [0.3, 0.4) is 0 Å². The molecule has 21 heavy (non-hydrogen) atoms. The number of pyridine rings is 1. The molecule has 1 atom stereocenters. The van der Waals surface area contributed by atoms with Gasteiger partial charge in [0, 0.05) is 30.3 Å². The second-order valence-electron chi connectivity index (χ2n) is 5.07. The smallest absolute Gasteiger partial charge is 0.241 e. The summed E-state index contributed by atoms with van der Waals surface area (Å²) in [6.07, 6.45) is 3.54. The fourth-order valence-corrected chi connectivity index (χ4v) is 1.98. The number of amides is 1. The van der Waals surface area contributed by atoms with Gasteiger partial charge in [-0.25, -0.2) is 0 Å². The average molecular weight is 284 g/mol. The number of aromatic nitrogens is 1. The number of nitrogens with zero attached hydrogens (tertiary/aromatic N) is 2. The molecule has 1 heterocycles. The Kier molecular flexibility index (Phi) is 4.90. The van der Waals surface area contributed by atoms with Crippen LogP contribution >= 0.6 is 0 Å². The van der Waals surface area contributed by atoms with Crippen molar-refractivity contribution in [1.29, 1.82) is 0 Å². The first-order valence-corrected chi connectivity index (χ1v) is 6.82. The van der Waals surface area contributed by atoms with Crippen LogP contribution < -0.4 is 11.1 Å². The van der Waals surface area contributed by atoms with E-state index in [1.807, 2.05) is 43.1 Å². The number of nitrogen functional groups attached to an aromatic ring is 1. The summed E-state index contributed by atoms with van der Waals surface area (Å²) >= 11 is 0. The van der Waals surface area contributed by atoms with Crippen LogP contribution in [-0.4, -0.2) is 28.9 Å². The monoisotopic (exact) mass is 284 g/mol. The molecule has 0 aliphatic rings. The van der Waals surface area contributed by atoms with E-state index in [2.05, 4.69) is 10.3 Å². The number of nitrogens with one attached hydrogen (secondary N) is 1. The van der Waals surface area contributed by atoms with E-state index in [4.69, 9.17) is 5.73 Å². The summed E-state index contributed by atoms with van der Waals surface area (Å²) in [5.41, 5.74) is 8.12. The van der Waals surface area contributed by atoms with Gasteiger partial charge in [0.15, 0.2) is 0 Å². The molecule has 0 spiro atoms. The van der Waals surface area contributed by atoms with Gasteiger partial charge < -0.3 is 11.1 Å². The Hall–Kier alpha value is -2.40. The molecule has 2 rings (SSSR count). The standard InChI is InChI=1S/C16H20N4O/c1-12(20(2)11-13-5-4-8-18-10-13)16(21)19-15-7-3-6-14(17)9-15/h3-10,12H,11,17H2,1-2H3,(H,19,21). The molecule has 5 nitrogen and oxygen atoms in total. The van der Waals surface area contributed by atoms with Crippen LogP contribution in [0.25, 0.3) is 0 Å². The third kappa shape index (κ3) is 4.29. The molecule has 0 aliphatic carbocycles. The molecule has 0 bridgehead atoms. The number of hydrogen-bond donors (Lipinski definition) is 2. The summed E-state index contributed by atoms with van der Waals surface area (Å²) in [5.74, 6) is -0.0630. The van der Waals surface area contributed by atoms with Gasteiger partial charge in [0.1, 0.15) is 0 Å². The number of rotatable bonds is 5. The molecule has 0 radical (unpaired) electrons. The second kappa shape index (κ2) is 6.85. The highest BCUT2D eigenvalue weighted by Crippen LogP contribution is 2.13. The predicted octanol–water partition coefficient (Wildman–Crippen LogP) is 2.12. The Balaban J connectivity index is 1.95. The first kappa shape index (κ1) is 15.0. The minimum absolute atomic E-state index is 0.0630. The zero-order valence-corrected chi connectivity index (χ0v) is 12.3. The van der Waals surface area contributed by atoms with E-state index in [9.17, 15) is 4.79 Å². The lowest BCUT2D eigenvalue weighted by atomic mass is 10.2. The van der Waals surface area contributed by atoms with Gasteiger partial charge in [-0.3, -0.25) is 14.7 Å². The molecule has 1 amide bonds. The SMILES string of the molecule is CC(C(=O)Nc1cccc(N)c1)N(C)Cc1cccnc1. The van der Waals surface area contributed by atoms with Crippen molar-refractivity contribution in [2.75, 3.05) is 18.1 Å². The number of nitrogens with two attached hydrogens (primary N) is 1. The van der Waals surface area contributed by atoms with Gasteiger partial charge in [-0.05, 0) is 43.8 Å². The molecular formula is C16H20N4O. The maximum absolute atomic E-state index is 12.2. The Bertz CT molecular complexity index is 600. The molecule has 2 aromatic rings. The van der Waals surface area contributed by atoms with Crippen LogP contribution in [0.1, 0.15) is 12.5 Å². The number of carbonyl (C=O) groups is 1. The minimum atomic E-state index is -0.258. The van der Waals surface area contributed by atoms with Crippen LogP contribution in [0.5, 0.6) is 0 Å². The highest BCUT2D eigenvalue weighted by atomic mass is 16.2. The Morgan fingerprint density at radius 1 is 1.38 bits per heavy atom. The first-order valence-electron chi connectivity index (χ1n) is 6.82. The Labute approximate surface area is 124 Å². The molecule has 1 unspecified atom stereocenters. The van der Waals surface area contributed by atoms with Crippen molar-refractivity contribution < 1.29 is 4.79 Å². The van der Waals surface area contributed by atoms with Gasteiger partial charge in [0.25, 0.3) is 0 Å². The van der Waals surface area contributed by atoms with Crippen LogP contribution in [0.15, 0.2) is 48.8 Å². The van der Waals surface area contributed by atoms with Gasteiger partial charge >= 0.3 is 0 Å². The zero-order chi connectivity index (χ0) is 15.2. The highest BCUT2D eigenvalue weighted by molar-refractivity contribution is 5.94. The van der Waals surface area contributed by atoms with Gasteiger partial charge in [0.05, 0.1) is 6.04 Å². The molecule has 0 aliphatic heterocycles. The number of likely N-dealkylation sites (N-methyl/N-ethyl adjacent to an activating group) is 1. The van der Waals surface area contributed by atoms with E-state index in [1.54, 1.807) is 24.5 Å². The second-order valence-corrected chi connectivity index (χ2v) is 5.07. The minimum Gasteiger partial charge on any atom is -0.399 e. The summed E-state index contributed by atoms with van der Waals surface area (Å²) in [6, 6.07) is 10.8. The van der Waals surface area contributed by atoms with E-state index >= 15 is 0 Å². The molecule has 1 aromatic heterocycles. The predicted molar refractivity (Wildman–Crippen MR) is 84.7 cm³/mol. The Morgan fingerprint density at radius 2 is 2.19 bits per heavy atom. The van der Waals surface area contributed by atoms with E-state index in [0.29, 0.717) is 17.9 Å². The lowest BCUT2D eigenvalue weighted by Gasteiger charge is -2.23. The summed E-state index contributed by atoms with van der Waals surface area (Å²) in [6.45, 7) is 2.54. The van der Waals surface area contributed by atoms with E-state index < -0.39 is 0 Å². The van der Waals surface area contributed by atoms with Gasteiger partial charge in [-0.1, -0.05) is 12.1 Å². The third-order valence-corrected chi connectivity index (χ3v) is 3.35. The molecule has 0 fully saturated rings. The highest BCUT2D eigenvalue weighted by Gasteiger charge is 2.18. The van der Waals surface area contributed by atoms with E-state index in [1.165, 1.54) is 0 Å². The molecule has 110 valence electrons. The number of carbonyl (C=O) groups excluding carboxylic acids is 1. The van der Waals surface area contributed by atoms with Crippen molar-refractivity contribution in [2.45, 2.75) is 19.5 Å². The van der Waals surface area contributed by atoms with Crippen LogP contribution in [0.4, 0.5) is 11.4 Å². The lowest BCUT2D eigenvalue weighted by Crippen LogP contribution is -2.39. The molecule has 1 aromatic carbocycles. The first-order chi connectivity index (χ1) is 10.1. The molecule has 0 saturated carbocycles. The van der Waals surface area contributed by atoms with Crippen LogP contribution in [-0.2, 0) is 11.3 Å². The van der Waals surface area contributed by atoms with Crippen LogP contribution in [0.2, 0.25) is 0 Å². The van der Waals surface area contributed by atoms with Crippen molar-refractivity contribution in [2.24, 2.45) is 0 Å². The lowest BCUT2D eigenvalue weighted by molar-refractivity contribution is -0.120. The van der Waals surface area contributed by atoms with E-state index in [0.717, 1.165) is 5.56 Å². The molecular weight excluding hydrogens is 264 g/mol. The fourth-order valence-electron chi connectivity index (χ4n) is 1.98. The molecule has 0 saturated heterocycles. The van der Waals surface area contributed by atoms with Gasteiger partial charge in [0.2, 0.25) is 5.91 Å². The summed E-state index contributed by atoms with van der Waals surface area (Å²) in [4.78, 5) is 18.3.